The molecule has 0 aliphatic rings. The van der Waals surface area contributed by atoms with Gasteiger partial charge < -0.3 is 10.4 Å². The zero-order chi connectivity index (χ0) is 19.4. The number of carboxylic acid groups (broad SMARTS) is 1. The Balaban J connectivity index is 1.87. The molecule has 0 atom stereocenters. The molecule has 1 aromatic heterocycles. The van der Waals surface area contributed by atoms with Crippen LogP contribution in [-0.4, -0.2) is 17.0 Å². The second-order valence-electron chi connectivity index (χ2n) is 6.07. The lowest BCUT2D eigenvalue weighted by Gasteiger charge is -2.07. The van der Waals surface area contributed by atoms with Crippen molar-refractivity contribution >= 4 is 39.8 Å². The Labute approximate surface area is 166 Å². The van der Waals surface area contributed by atoms with E-state index in [2.05, 4.69) is 12.2 Å². The smallest absolute Gasteiger partial charge is 0.339 e. The number of nitrogens with one attached hydrogen (secondary N) is 1. The molecule has 0 bridgehead atoms. The van der Waals surface area contributed by atoms with Crippen molar-refractivity contribution in [3.05, 3.63) is 75.6 Å². The highest BCUT2D eigenvalue weighted by Crippen LogP contribution is 2.36. The molecule has 6 heteroatoms. The number of aromatic carboxylic acids is 1. The summed E-state index contributed by atoms with van der Waals surface area (Å²) in [6.07, 6.45) is 2.00. The predicted octanol–water partition coefficient (Wildman–Crippen LogP) is 5.97. The molecule has 3 rings (SSSR count). The van der Waals surface area contributed by atoms with Crippen molar-refractivity contribution in [2.75, 3.05) is 5.32 Å². The number of amides is 1. The van der Waals surface area contributed by atoms with E-state index in [-0.39, 0.29) is 11.5 Å². The second-order valence-corrected chi connectivity index (χ2v) is 7.38. The van der Waals surface area contributed by atoms with E-state index < -0.39 is 5.97 Å². The number of halogens is 1. The molecule has 0 fully saturated rings. The van der Waals surface area contributed by atoms with Crippen LogP contribution in [0.3, 0.4) is 0 Å². The van der Waals surface area contributed by atoms with E-state index in [9.17, 15) is 14.7 Å². The molecule has 1 heterocycles. The number of carbonyl (C=O) groups is 2. The molecule has 0 saturated heterocycles. The Hall–Kier alpha value is -2.63. The van der Waals surface area contributed by atoms with Gasteiger partial charge >= 0.3 is 5.97 Å². The highest BCUT2D eigenvalue weighted by Gasteiger charge is 2.21. The van der Waals surface area contributed by atoms with E-state index >= 15 is 0 Å². The highest BCUT2D eigenvalue weighted by molar-refractivity contribution is 7.15. The molecule has 2 N–H and O–H groups in total. The van der Waals surface area contributed by atoms with Crippen molar-refractivity contribution in [2.45, 2.75) is 19.8 Å². The predicted molar refractivity (Wildman–Crippen MR) is 110 cm³/mol. The highest BCUT2D eigenvalue weighted by atomic mass is 35.5. The lowest BCUT2D eigenvalue weighted by Crippen LogP contribution is -2.13. The molecule has 0 spiro atoms. The third-order valence-corrected chi connectivity index (χ3v) is 5.29. The Bertz CT molecular complexity index is 962. The van der Waals surface area contributed by atoms with Crippen LogP contribution in [-0.2, 0) is 6.42 Å². The van der Waals surface area contributed by atoms with E-state index in [4.69, 9.17) is 11.6 Å². The van der Waals surface area contributed by atoms with Gasteiger partial charge in [-0.15, -0.1) is 11.3 Å². The van der Waals surface area contributed by atoms with Gasteiger partial charge in [-0.05, 0) is 41.8 Å². The summed E-state index contributed by atoms with van der Waals surface area (Å²) in [6.45, 7) is 2.10. The number of aryl methyl sites for hydroxylation is 1. The van der Waals surface area contributed by atoms with Gasteiger partial charge in [-0.25, -0.2) is 4.79 Å². The molecule has 0 unspecified atom stereocenters. The van der Waals surface area contributed by atoms with Crippen LogP contribution in [0.2, 0.25) is 5.02 Å². The number of carbonyl (C=O) groups excluding carboxylic acids is 1. The first-order valence-electron chi connectivity index (χ1n) is 8.50. The number of benzene rings is 2. The minimum atomic E-state index is -1.09. The summed E-state index contributed by atoms with van der Waals surface area (Å²) < 4.78 is 0. The van der Waals surface area contributed by atoms with Crippen molar-refractivity contribution in [3.8, 4) is 11.1 Å². The second kappa shape index (κ2) is 8.37. The van der Waals surface area contributed by atoms with Crippen LogP contribution in [0.15, 0.2) is 53.9 Å². The summed E-state index contributed by atoms with van der Waals surface area (Å²) in [5.74, 6) is -1.42. The molecule has 138 valence electrons. The maximum atomic E-state index is 12.5. The van der Waals surface area contributed by atoms with Gasteiger partial charge in [-0.2, -0.15) is 0 Å². The van der Waals surface area contributed by atoms with Crippen LogP contribution >= 0.6 is 22.9 Å². The molecule has 4 nitrogen and oxygen atoms in total. The normalized spacial score (nSPS) is 10.6. The van der Waals surface area contributed by atoms with Crippen molar-refractivity contribution in [3.63, 3.8) is 0 Å². The van der Waals surface area contributed by atoms with Crippen LogP contribution in [0.5, 0.6) is 0 Å². The lowest BCUT2D eigenvalue weighted by molar-refractivity contribution is 0.0699. The summed E-state index contributed by atoms with van der Waals surface area (Å²) in [4.78, 5) is 24.3. The molecule has 2 aromatic carbocycles. The lowest BCUT2D eigenvalue weighted by atomic mass is 10.0. The topological polar surface area (TPSA) is 66.4 Å². The SMILES string of the molecule is CCCc1ccc(C(=O)Nc2scc(-c3ccc(Cl)cc3)c2C(=O)O)cc1. The van der Waals surface area contributed by atoms with E-state index in [1.165, 1.54) is 16.9 Å². The van der Waals surface area contributed by atoms with Gasteiger partial charge in [0.15, 0.2) is 0 Å². The first-order valence-corrected chi connectivity index (χ1v) is 9.76. The molecule has 0 aliphatic carbocycles. The maximum absolute atomic E-state index is 12.5. The van der Waals surface area contributed by atoms with Crippen LogP contribution in [0.1, 0.15) is 39.6 Å². The summed E-state index contributed by atoms with van der Waals surface area (Å²) >= 11 is 7.10. The third-order valence-electron chi connectivity index (χ3n) is 4.14. The van der Waals surface area contributed by atoms with Gasteiger partial charge in [-0.3, -0.25) is 4.79 Å². The average molecular weight is 400 g/mol. The van der Waals surface area contributed by atoms with Gasteiger partial charge in [0.05, 0.1) is 0 Å². The molecule has 1 amide bonds. The van der Waals surface area contributed by atoms with Crippen LogP contribution in [0, 0.1) is 0 Å². The molecule has 27 heavy (non-hydrogen) atoms. The van der Waals surface area contributed by atoms with Crippen molar-refractivity contribution in [2.24, 2.45) is 0 Å². The Morgan fingerprint density at radius 2 is 1.74 bits per heavy atom. The largest absolute Gasteiger partial charge is 0.478 e. The number of thiophene rings is 1. The molecule has 3 aromatic rings. The monoisotopic (exact) mass is 399 g/mol. The minimum Gasteiger partial charge on any atom is -0.478 e. The molecular weight excluding hydrogens is 382 g/mol. The van der Waals surface area contributed by atoms with Gasteiger partial charge in [0.25, 0.3) is 5.91 Å². The summed E-state index contributed by atoms with van der Waals surface area (Å²) in [6, 6.07) is 14.3. The zero-order valence-corrected chi connectivity index (χ0v) is 16.2. The summed E-state index contributed by atoms with van der Waals surface area (Å²) in [5.41, 5.74) is 3.03. The fourth-order valence-electron chi connectivity index (χ4n) is 2.79. The first kappa shape index (κ1) is 19.1. The molecule has 0 saturated carbocycles. The molecule has 0 aliphatic heterocycles. The van der Waals surface area contributed by atoms with Crippen molar-refractivity contribution in [1.82, 2.24) is 0 Å². The minimum absolute atomic E-state index is 0.0817. The van der Waals surface area contributed by atoms with E-state index in [0.29, 0.717) is 21.2 Å². The van der Waals surface area contributed by atoms with Crippen molar-refractivity contribution in [1.29, 1.82) is 0 Å². The summed E-state index contributed by atoms with van der Waals surface area (Å²) in [5, 5.41) is 15.0. The number of rotatable bonds is 6. The number of anilines is 1. The molecule has 0 radical (unpaired) electrons. The average Bonchev–Trinajstić information content (AvgIpc) is 3.07. The van der Waals surface area contributed by atoms with Gasteiger partial charge in [0.2, 0.25) is 0 Å². The Kier molecular flexibility index (Phi) is 5.94. The Morgan fingerprint density at radius 3 is 2.33 bits per heavy atom. The van der Waals surface area contributed by atoms with Crippen molar-refractivity contribution < 1.29 is 14.7 Å². The quantitative estimate of drug-likeness (QED) is 0.536. The summed E-state index contributed by atoms with van der Waals surface area (Å²) in [7, 11) is 0. The zero-order valence-electron chi connectivity index (χ0n) is 14.7. The van der Waals surface area contributed by atoms with Gasteiger partial charge in [0.1, 0.15) is 10.6 Å². The fourth-order valence-corrected chi connectivity index (χ4v) is 3.87. The Morgan fingerprint density at radius 1 is 1.07 bits per heavy atom. The third kappa shape index (κ3) is 4.38. The van der Waals surface area contributed by atoms with E-state index in [0.717, 1.165) is 18.4 Å². The van der Waals surface area contributed by atoms with E-state index in [1.807, 2.05) is 12.1 Å². The van der Waals surface area contributed by atoms with Crippen LogP contribution in [0.25, 0.3) is 11.1 Å². The van der Waals surface area contributed by atoms with Crippen LogP contribution < -0.4 is 5.32 Å². The number of carboxylic acids is 1. The number of hydrogen-bond acceptors (Lipinski definition) is 3. The standard InChI is InChI=1S/C21H18ClNO3S/c1-2-3-13-4-6-15(7-5-13)19(24)23-20-18(21(25)26)17(12-27-20)14-8-10-16(22)11-9-14/h4-12H,2-3H2,1H3,(H,23,24)(H,25,26). The van der Waals surface area contributed by atoms with Gasteiger partial charge in [-0.1, -0.05) is 49.2 Å². The first-order chi connectivity index (χ1) is 13.0. The van der Waals surface area contributed by atoms with E-state index in [1.54, 1.807) is 41.8 Å². The fraction of sp³-hybridized carbons (Fsp3) is 0.143. The van der Waals surface area contributed by atoms with Gasteiger partial charge in [0, 0.05) is 21.5 Å². The maximum Gasteiger partial charge on any atom is 0.339 e. The van der Waals surface area contributed by atoms with Crippen LogP contribution in [0.4, 0.5) is 5.00 Å². The molecular formula is C21H18ClNO3S. The number of hydrogen-bond donors (Lipinski definition) is 2.